The number of rotatable bonds is 5. The highest BCUT2D eigenvalue weighted by Gasteiger charge is 2.08. The molecule has 100 valence electrons. The zero-order valence-electron chi connectivity index (χ0n) is 10.5. The number of aromatic nitrogens is 2. The maximum Gasteiger partial charge on any atom is 0.264 e. The van der Waals surface area contributed by atoms with E-state index in [2.05, 4.69) is 15.5 Å². The summed E-state index contributed by atoms with van der Waals surface area (Å²) in [5.74, 6) is 0.433. The van der Waals surface area contributed by atoms with E-state index in [0.29, 0.717) is 10.9 Å². The molecular weight excluding hydrogens is 282 g/mol. The Morgan fingerprint density at radius 1 is 1.47 bits per heavy atom. The Hall–Kier alpha value is -1.60. The van der Waals surface area contributed by atoms with E-state index < -0.39 is 0 Å². The third-order valence-corrected chi connectivity index (χ3v) is 4.00. The number of hydrogen-bond acceptors (Lipinski definition) is 6. The summed E-state index contributed by atoms with van der Waals surface area (Å²) in [6.45, 7) is 1.93. The average molecular weight is 295 g/mol. The number of benzene rings is 1. The van der Waals surface area contributed by atoms with Crippen molar-refractivity contribution in [1.82, 2.24) is 10.2 Å². The fourth-order valence-electron chi connectivity index (χ4n) is 1.35. The number of thioether (sulfide) groups is 1. The van der Waals surface area contributed by atoms with Crippen LogP contribution in [0.2, 0.25) is 0 Å². The summed E-state index contributed by atoms with van der Waals surface area (Å²) in [7, 11) is 0. The molecule has 0 aliphatic rings. The molecule has 0 fully saturated rings. The van der Waals surface area contributed by atoms with E-state index in [1.165, 1.54) is 23.1 Å². The third-order valence-electron chi connectivity index (χ3n) is 2.19. The molecule has 0 saturated heterocycles. The number of anilines is 1. The van der Waals surface area contributed by atoms with E-state index in [1.807, 2.05) is 37.4 Å². The first-order valence-corrected chi connectivity index (χ1v) is 7.58. The van der Waals surface area contributed by atoms with Crippen molar-refractivity contribution < 1.29 is 9.53 Å². The van der Waals surface area contributed by atoms with Crippen LogP contribution < -0.4 is 10.1 Å². The molecule has 1 heterocycles. The van der Waals surface area contributed by atoms with Gasteiger partial charge in [-0.25, -0.2) is 0 Å². The standard InChI is InChI=1S/C12H13N3O2S2/c1-8-4-3-5-9(6-8)17-7-10(16)13-11-14-15-12(18-2)19-11/h3-6H,7H2,1-2H3,(H,13,14,16). The van der Waals surface area contributed by atoms with E-state index in [-0.39, 0.29) is 12.5 Å². The molecule has 5 nitrogen and oxygen atoms in total. The predicted molar refractivity (Wildman–Crippen MR) is 77.0 cm³/mol. The van der Waals surface area contributed by atoms with Crippen molar-refractivity contribution >= 4 is 34.1 Å². The molecule has 0 saturated carbocycles. The van der Waals surface area contributed by atoms with Crippen LogP contribution in [0.3, 0.4) is 0 Å². The number of aryl methyl sites for hydroxylation is 1. The van der Waals surface area contributed by atoms with E-state index in [1.54, 1.807) is 0 Å². The average Bonchev–Trinajstić information content (AvgIpc) is 2.84. The maximum absolute atomic E-state index is 11.7. The normalized spacial score (nSPS) is 10.2. The minimum atomic E-state index is -0.245. The van der Waals surface area contributed by atoms with Crippen molar-refractivity contribution in [3.8, 4) is 5.75 Å². The lowest BCUT2D eigenvalue weighted by Gasteiger charge is -2.05. The number of hydrogen-bond donors (Lipinski definition) is 1. The van der Waals surface area contributed by atoms with Gasteiger partial charge < -0.3 is 4.74 Å². The van der Waals surface area contributed by atoms with Gasteiger partial charge in [-0.3, -0.25) is 10.1 Å². The predicted octanol–water partition coefficient (Wildman–Crippen LogP) is 2.59. The molecule has 1 aromatic heterocycles. The first-order chi connectivity index (χ1) is 9.17. The summed E-state index contributed by atoms with van der Waals surface area (Å²) in [6.07, 6.45) is 1.91. The monoisotopic (exact) mass is 295 g/mol. The van der Waals surface area contributed by atoms with Gasteiger partial charge in [0.15, 0.2) is 10.9 Å². The minimum Gasteiger partial charge on any atom is -0.484 e. The molecule has 7 heteroatoms. The van der Waals surface area contributed by atoms with Crippen LogP contribution >= 0.6 is 23.1 Å². The lowest BCUT2D eigenvalue weighted by atomic mass is 10.2. The SMILES string of the molecule is CSc1nnc(NC(=O)COc2cccc(C)c2)s1. The molecule has 1 aromatic carbocycles. The summed E-state index contributed by atoms with van der Waals surface area (Å²) in [6, 6.07) is 7.55. The molecule has 19 heavy (non-hydrogen) atoms. The Labute approximate surface area is 119 Å². The summed E-state index contributed by atoms with van der Waals surface area (Å²) in [5.41, 5.74) is 1.09. The number of carbonyl (C=O) groups excluding carboxylic acids is 1. The number of amides is 1. The van der Waals surface area contributed by atoms with Gasteiger partial charge in [0.25, 0.3) is 5.91 Å². The first-order valence-electron chi connectivity index (χ1n) is 5.54. The van der Waals surface area contributed by atoms with Crippen molar-refractivity contribution in [2.24, 2.45) is 0 Å². The highest BCUT2D eigenvalue weighted by molar-refractivity contribution is 8.00. The minimum absolute atomic E-state index is 0.0440. The van der Waals surface area contributed by atoms with E-state index in [4.69, 9.17) is 4.74 Å². The quantitative estimate of drug-likeness (QED) is 0.678. The van der Waals surface area contributed by atoms with Crippen molar-refractivity contribution in [2.75, 3.05) is 18.2 Å². The molecule has 0 radical (unpaired) electrons. The third kappa shape index (κ3) is 4.22. The van der Waals surface area contributed by atoms with Crippen LogP contribution in [-0.4, -0.2) is 29.0 Å². The molecule has 0 bridgehead atoms. The number of ether oxygens (including phenoxy) is 1. The van der Waals surface area contributed by atoms with Crippen LogP contribution in [0.5, 0.6) is 5.75 Å². The number of nitrogens with one attached hydrogen (secondary N) is 1. The highest BCUT2D eigenvalue weighted by atomic mass is 32.2. The van der Waals surface area contributed by atoms with E-state index in [0.717, 1.165) is 9.90 Å². The molecule has 0 aliphatic carbocycles. The van der Waals surface area contributed by atoms with Crippen LogP contribution in [0, 0.1) is 6.92 Å². The summed E-state index contributed by atoms with van der Waals surface area (Å²) in [5, 5.41) is 10.9. The summed E-state index contributed by atoms with van der Waals surface area (Å²) < 4.78 is 6.21. The second-order valence-electron chi connectivity index (χ2n) is 3.73. The number of carbonyl (C=O) groups is 1. The fraction of sp³-hybridized carbons (Fsp3) is 0.250. The van der Waals surface area contributed by atoms with Crippen molar-refractivity contribution in [2.45, 2.75) is 11.3 Å². The van der Waals surface area contributed by atoms with Crippen LogP contribution in [-0.2, 0) is 4.79 Å². The summed E-state index contributed by atoms with van der Waals surface area (Å²) in [4.78, 5) is 11.7. The van der Waals surface area contributed by atoms with Gasteiger partial charge in [-0.05, 0) is 30.9 Å². The van der Waals surface area contributed by atoms with Gasteiger partial charge in [0.2, 0.25) is 5.13 Å². The second-order valence-corrected chi connectivity index (χ2v) is 5.76. The molecule has 0 aliphatic heterocycles. The Morgan fingerprint density at radius 3 is 3.00 bits per heavy atom. The van der Waals surface area contributed by atoms with Crippen LogP contribution in [0.1, 0.15) is 5.56 Å². The van der Waals surface area contributed by atoms with Gasteiger partial charge in [-0.1, -0.05) is 35.2 Å². The lowest BCUT2D eigenvalue weighted by molar-refractivity contribution is -0.118. The molecule has 0 atom stereocenters. The molecule has 0 unspecified atom stereocenters. The highest BCUT2D eigenvalue weighted by Crippen LogP contribution is 2.22. The Kier molecular flexibility index (Phi) is 4.75. The molecule has 0 spiro atoms. The van der Waals surface area contributed by atoms with E-state index in [9.17, 15) is 4.79 Å². The molecule has 2 aromatic rings. The number of nitrogens with zero attached hydrogens (tertiary/aromatic N) is 2. The zero-order valence-corrected chi connectivity index (χ0v) is 12.2. The van der Waals surface area contributed by atoms with Gasteiger partial charge in [0.05, 0.1) is 0 Å². The van der Waals surface area contributed by atoms with Crippen molar-refractivity contribution in [3.05, 3.63) is 29.8 Å². The van der Waals surface area contributed by atoms with Crippen LogP contribution in [0.15, 0.2) is 28.6 Å². The van der Waals surface area contributed by atoms with Gasteiger partial charge in [-0.2, -0.15) is 0 Å². The molecule has 2 rings (SSSR count). The van der Waals surface area contributed by atoms with Gasteiger partial charge in [0.1, 0.15) is 5.75 Å². The van der Waals surface area contributed by atoms with Crippen LogP contribution in [0.4, 0.5) is 5.13 Å². The largest absolute Gasteiger partial charge is 0.484 e. The Bertz CT molecular complexity index is 572. The van der Waals surface area contributed by atoms with E-state index >= 15 is 0 Å². The fourth-order valence-corrected chi connectivity index (χ4v) is 2.54. The van der Waals surface area contributed by atoms with Crippen LogP contribution in [0.25, 0.3) is 0 Å². The topological polar surface area (TPSA) is 64.1 Å². The molecule has 1 amide bonds. The Morgan fingerprint density at radius 2 is 2.32 bits per heavy atom. The van der Waals surface area contributed by atoms with Crippen molar-refractivity contribution in [3.63, 3.8) is 0 Å². The summed E-state index contributed by atoms with van der Waals surface area (Å²) >= 11 is 2.83. The Balaban J connectivity index is 1.84. The zero-order chi connectivity index (χ0) is 13.7. The lowest BCUT2D eigenvalue weighted by Crippen LogP contribution is -2.20. The van der Waals surface area contributed by atoms with Crippen molar-refractivity contribution in [1.29, 1.82) is 0 Å². The smallest absolute Gasteiger partial charge is 0.264 e. The van der Waals surface area contributed by atoms with Gasteiger partial charge in [0, 0.05) is 0 Å². The van der Waals surface area contributed by atoms with Gasteiger partial charge in [-0.15, -0.1) is 10.2 Å². The van der Waals surface area contributed by atoms with Gasteiger partial charge >= 0.3 is 0 Å². The second kappa shape index (κ2) is 6.53. The molecular formula is C12H13N3O2S2. The maximum atomic E-state index is 11.7. The first kappa shape index (κ1) is 13.8. The molecule has 1 N–H and O–H groups in total.